The van der Waals surface area contributed by atoms with Crippen LogP contribution in [0.3, 0.4) is 0 Å². The molecule has 0 saturated carbocycles. The Morgan fingerprint density at radius 2 is 1.85 bits per heavy atom. The molecule has 0 aliphatic rings. The molecule has 0 aromatic rings. The summed E-state index contributed by atoms with van der Waals surface area (Å²) in [5.74, 6) is 6.14. The molecule has 0 radical (unpaired) electrons. The first-order chi connectivity index (χ1) is 6.07. The van der Waals surface area contributed by atoms with Crippen molar-refractivity contribution < 1.29 is 4.74 Å². The Morgan fingerprint density at radius 3 is 2.23 bits per heavy atom. The normalized spacial score (nSPS) is 12.8. The van der Waals surface area contributed by atoms with Crippen molar-refractivity contribution in [3.05, 3.63) is 0 Å². The van der Waals surface area contributed by atoms with Gasteiger partial charge in [0.1, 0.15) is 6.61 Å². The van der Waals surface area contributed by atoms with Crippen molar-refractivity contribution in [1.82, 2.24) is 9.80 Å². The number of hydrogen-bond acceptors (Lipinski definition) is 3. The highest BCUT2D eigenvalue weighted by Crippen LogP contribution is 1.92. The largest absolute Gasteiger partial charge is 0.372 e. The third kappa shape index (κ3) is 6.59. The Kier molecular flexibility index (Phi) is 6.61. The topological polar surface area (TPSA) is 15.7 Å². The van der Waals surface area contributed by atoms with Gasteiger partial charge in [-0.05, 0) is 28.2 Å². The summed E-state index contributed by atoms with van der Waals surface area (Å²) in [6.45, 7) is 1.46. The first-order valence-electron chi connectivity index (χ1n) is 4.36. The van der Waals surface area contributed by atoms with Crippen molar-refractivity contribution in [2.75, 3.05) is 48.5 Å². The molecular weight excluding hydrogens is 164 g/mol. The number of likely N-dealkylation sites (N-methyl/N-ethyl adjacent to an activating group) is 2. The van der Waals surface area contributed by atoms with E-state index in [9.17, 15) is 0 Å². The van der Waals surface area contributed by atoms with E-state index in [1.807, 2.05) is 14.1 Å². The van der Waals surface area contributed by atoms with Gasteiger partial charge < -0.3 is 9.64 Å². The third-order valence-electron chi connectivity index (χ3n) is 1.65. The summed E-state index contributed by atoms with van der Waals surface area (Å²) in [4.78, 5) is 4.24. The van der Waals surface area contributed by atoms with Gasteiger partial charge in [-0.1, -0.05) is 11.8 Å². The standard InChI is InChI=1S/C10H20N2O/c1-11(2)9-10(12(3)4)7-6-8-13-5/h10H,8-9H2,1-5H3. The second-order valence-corrected chi connectivity index (χ2v) is 3.50. The summed E-state index contributed by atoms with van der Waals surface area (Å²) in [5.41, 5.74) is 0. The van der Waals surface area contributed by atoms with Gasteiger partial charge in [-0.2, -0.15) is 0 Å². The number of rotatable bonds is 4. The molecule has 0 amide bonds. The first kappa shape index (κ1) is 12.4. The van der Waals surface area contributed by atoms with Crippen molar-refractivity contribution in [3.63, 3.8) is 0 Å². The summed E-state index contributed by atoms with van der Waals surface area (Å²) in [6, 6.07) is 0.283. The van der Waals surface area contributed by atoms with E-state index in [0.717, 1.165) is 6.54 Å². The number of nitrogens with zero attached hydrogens (tertiary/aromatic N) is 2. The van der Waals surface area contributed by atoms with Crippen LogP contribution in [-0.4, -0.2) is 64.3 Å². The van der Waals surface area contributed by atoms with Crippen LogP contribution in [0.2, 0.25) is 0 Å². The van der Waals surface area contributed by atoms with Gasteiger partial charge in [-0.25, -0.2) is 0 Å². The highest BCUT2D eigenvalue weighted by Gasteiger charge is 2.07. The van der Waals surface area contributed by atoms with Gasteiger partial charge in [-0.15, -0.1) is 0 Å². The SMILES string of the molecule is COCC#CC(CN(C)C)N(C)C. The summed E-state index contributed by atoms with van der Waals surface area (Å²) in [7, 11) is 9.83. The van der Waals surface area contributed by atoms with Crippen LogP contribution in [-0.2, 0) is 4.74 Å². The molecule has 13 heavy (non-hydrogen) atoms. The second kappa shape index (κ2) is 6.90. The Balaban J connectivity index is 4.04. The monoisotopic (exact) mass is 184 g/mol. The fourth-order valence-electron chi connectivity index (χ4n) is 0.916. The fourth-order valence-corrected chi connectivity index (χ4v) is 0.916. The van der Waals surface area contributed by atoms with Crippen LogP contribution < -0.4 is 0 Å². The molecule has 1 unspecified atom stereocenters. The van der Waals surface area contributed by atoms with E-state index in [1.54, 1.807) is 7.11 Å². The molecule has 76 valence electrons. The molecule has 3 heteroatoms. The van der Waals surface area contributed by atoms with Gasteiger partial charge in [0.05, 0.1) is 6.04 Å². The lowest BCUT2D eigenvalue weighted by Gasteiger charge is -2.22. The molecule has 0 N–H and O–H groups in total. The molecule has 0 aromatic heterocycles. The molecule has 1 atom stereocenters. The van der Waals surface area contributed by atoms with Crippen molar-refractivity contribution in [2.24, 2.45) is 0 Å². The lowest BCUT2D eigenvalue weighted by molar-refractivity contribution is 0.238. The molecule has 0 saturated heterocycles. The third-order valence-corrected chi connectivity index (χ3v) is 1.65. The Labute approximate surface area is 81.7 Å². The molecule has 0 spiro atoms. The maximum absolute atomic E-state index is 4.87. The van der Waals surface area contributed by atoms with Gasteiger partial charge in [-0.3, -0.25) is 4.90 Å². The zero-order chi connectivity index (χ0) is 10.3. The zero-order valence-electron chi connectivity index (χ0n) is 9.29. The smallest absolute Gasteiger partial charge is 0.107 e. The van der Waals surface area contributed by atoms with Crippen LogP contribution in [0, 0.1) is 11.8 Å². The van der Waals surface area contributed by atoms with Crippen LogP contribution in [0.4, 0.5) is 0 Å². The zero-order valence-corrected chi connectivity index (χ0v) is 9.29. The van der Waals surface area contributed by atoms with Crippen LogP contribution in [0.15, 0.2) is 0 Å². The van der Waals surface area contributed by atoms with E-state index in [0.29, 0.717) is 6.61 Å². The molecular formula is C10H20N2O. The predicted molar refractivity (Wildman–Crippen MR) is 55.7 cm³/mol. The van der Waals surface area contributed by atoms with Gasteiger partial charge >= 0.3 is 0 Å². The fraction of sp³-hybridized carbons (Fsp3) is 0.800. The Morgan fingerprint density at radius 1 is 1.23 bits per heavy atom. The minimum atomic E-state index is 0.283. The van der Waals surface area contributed by atoms with Gasteiger partial charge in [0.25, 0.3) is 0 Å². The van der Waals surface area contributed by atoms with Crippen molar-refractivity contribution in [3.8, 4) is 11.8 Å². The average Bonchev–Trinajstić information content (AvgIpc) is 2.02. The van der Waals surface area contributed by atoms with Crippen molar-refractivity contribution in [1.29, 1.82) is 0 Å². The Hall–Kier alpha value is -0.560. The van der Waals surface area contributed by atoms with E-state index < -0.39 is 0 Å². The minimum absolute atomic E-state index is 0.283. The van der Waals surface area contributed by atoms with Gasteiger partial charge in [0.2, 0.25) is 0 Å². The molecule has 0 fully saturated rings. The van der Waals surface area contributed by atoms with E-state index in [2.05, 4.69) is 35.7 Å². The molecule has 0 rings (SSSR count). The minimum Gasteiger partial charge on any atom is -0.372 e. The summed E-state index contributed by atoms with van der Waals surface area (Å²) in [6.07, 6.45) is 0. The van der Waals surface area contributed by atoms with Crippen molar-refractivity contribution >= 4 is 0 Å². The summed E-state index contributed by atoms with van der Waals surface area (Å²) in [5, 5.41) is 0. The predicted octanol–water partition coefficient (Wildman–Crippen LogP) is 0.128. The number of hydrogen-bond donors (Lipinski definition) is 0. The maximum atomic E-state index is 4.87. The molecule has 0 heterocycles. The highest BCUT2D eigenvalue weighted by molar-refractivity contribution is 5.08. The van der Waals surface area contributed by atoms with E-state index >= 15 is 0 Å². The average molecular weight is 184 g/mol. The quantitative estimate of drug-likeness (QED) is 0.578. The van der Waals surface area contributed by atoms with Crippen LogP contribution in [0.1, 0.15) is 0 Å². The molecule has 0 aliphatic carbocycles. The van der Waals surface area contributed by atoms with Crippen LogP contribution in [0.25, 0.3) is 0 Å². The molecule has 0 bridgehead atoms. The van der Waals surface area contributed by atoms with Gasteiger partial charge in [0, 0.05) is 13.7 Å². The Bertz CT molecular complexity index is 179. The maximum Gasteiger partial charge on any atom is 0.107 e. The van der Waals surface area contributed by atoms with Crippen molar-refractivity contribution in [2.45, 2.75) is 6.04 Å². The lowest BCUT2D eigenvalue weighted by atomic mass is 10.2. The van der Waals surface area contributed by atoms with Crippen LogP contribution in [0.5, 0.6) is 0 Å². The second-order valence-electron chi connectivity index (χ2n) is 3.50. The van der Waals surface area contributed by atoms with Gasteiger partial charge in [0.15, 0.2) is 0 Å². The number of methoxy groups -OCH3 is 1. The van der Waals surface area contributed by atoms with E-state index in [-0.39, 0.29) is 6.04 Å². The molecule has 0 aromatic carbocycles. The van der Waals surface area contributed by atoms with E-state index in [1.165, 1.54) is 0 Å². The molecule has 3 nitrogen and oxygen atoms in total. The summed E-state index contributed by atoms with van der Waals surface area (Å²) < 4.78 is 4.87. The van der Waals surface area contributed by atoms with Crippen LogP contribution >= 0.6 is 0 Å². The van der Waals surface area contributed by atoms with E-state index in [4.69, 9.17) is 4.74 Å². The lowest BCUT2D eigenvalue weighted by Crippen LogP contribution is -2.36. The number of ether oxygens (including phenoxy) is 1. The molecule has 0 aliphatic heterocycles. The first-order valence-corrected chi connectivity index (χ1v) is 4.36. The highest BCUT2D eigenvalue weighted by atomic mass is 16.5. The summed E-state index contributed by atoms with van der Waals surface area (Å²) >= 11 is 0.